The van der Waals surface area contributed by atoms with Gasteiger partial charge in [0.2, 0.25) is 0 Å². The van der Waals surface area contributed by atoms with Crippen molar-refractivity contribution in [2.75, 3.05) is 4.43 Å². The van der Waals surface area contributed by atoms with Gasteiger partial charge in [0.15, 0.2) is 8.32 Å². The summed E-state index contributed by atoms with van der Waals surface area (Å²) in [6, 6.07) is 3.87. The molecule has 3 heteroatoms. The van der Waals surface area contributed by atoms with Crippen LogP contribution in [0.2, 0.25) is 18.1 Å². The van der Waals surface area contributed by atoms with Gasteiger partial charge in [-0.05, 0) is 48.7 Å². The molecule has 0 amide bonds. The minimum atomic E-state index is -1.45. The first-order valence-corrected chi connectivity index (χ1v) is 12.2. The number of hydrogen-bond acceptors (Lipinski definition) is 1. The van der Waals surface area contributed by atoms with E-state index in [9.17, 15) is 0 Å². The van der Waals surface area contributed by atoms with Crippen molar-refractivity contribution in [1.29, 1.82) is 0 Å². The molecule has 0 saturated heterocycles. The second-order valence-electron chi connectivity index (χ2n) is 7.33. The minimum Gasteiger partial charge on any atom is -0.413 e. The summed E-state index contributed by atoms with van der Waals surface area (Å²) in [4.78, 5) is 0. The highest BCUT2D eigenvalue weighted by Gasteiger charge is 2.64. The van der Waals surface area contributed by atoms with Crippen molar-refractivity contribution in [3.8, 4) is 0 Å². The maximum atomic E-state index is 6.94. The molecule has 2 fully saturated rings. The van der Waals surface area contributed by atoms with Crippen molar-refractivity contribution in [3.63, 3.8) is 0 Å². The predicted octanol–water partition coefficient (Wildman–Crippen LogP) is 5.64. The van der Waals surface area contributed by atoms with Gasteiger partial charge in [-0.3, -0.25) is 0 Å². The van der Waals surface area contributed by atoms with E-state index in [0.717, 1.165) is 5.92 Å². The van der Waals surface area contributed by atoms with Gasteiger partial charge in [-0.2, -0.15) is 0 Å². The Morgan fingerprint density at radius 3 is 2.16 bits per heavy atom. The fourth-order valence-electron chi connectivity index (χ4n) is 4.78. The van der Waals surface area contributed by atoms with Crippen molar-refractivity contribution in [1.82, 2.24) is 0 Å². The number of rotatable bonds is 6. The summed E-state index contributed by atoms with van der Waals surface area (Å²) >= 11 is 2.63. The monoisotopic (exact) mass is 394 g/mol. The van der Waals surface area contributed by atoms with Gasteiger partial charge in [0.1, 0.15) is 0 Å². The number of halogens is 1. The summed E-state index contributed by atoms with van der Waals surface area (Å²) in [5.74, 6) is 0.907. The van der Waals surface area contributed by atoms with Gasteiger partial charge in [0.05, 0.1) is 6.10 Å². The Kier molecular flexibility index (Phi) is 4.80. The van der Waals surface area contributed by atoms with Gasteiger partial charge in [-0.1, -0.05) is 57.2 Å². The molecule has 0 heterocycles. The fraction of sp³-hybridized carbons (Fsp3) is 1.00. The first-order chi connectivity index (χ1) is 8.91. The highest BCUT2D eigenvalue weighted by Crippen LogP contribution is 2.67. The van der Waals surface area contributed by atoms with E-state index in [1.807, 2.05) is 0 Å². The first-order valence-electron chi connectivity index (χ1n) is 8.15. The topological polar surface area (TPSA) is 9.23 Å². The largest absolute Gasteiger partial charge is 0.413 e. The molecule has 0 spiro atoms. The lowest BCUT2D eigenvalue weighted by atomic mass is 9.70. The molecule has 0 aromatic heterocycles. The molecule has 1 unspecified atom stereocenters. The molecule has 0 aliphatic heterocycles. The Labute approximate surface area is 134 Å². The molecule has 112 valence electrons. The van der Waals surface area contributed by atoms with E-state index in [1.54, 1.807) is 0 Å². The SMILES string of the molecule is CC[Si](CC)(CC)O[C@@H]1CC2CC[C@]1(CI)C2(C)C. The molecule has 0 aromatic rings. The number of hydrogen-bond donors (Lipinski definition) is 0. The van der Waals surface area contributed by atoms with E-state index >= 15 is 0 Å². The summed E-state index contributed by atoms with van der Waals surface area (Å²) in [7, 11) is -1.45. The third-order valence-electron chi connectivity index (χ3n) is 6.92. The average Bonchev–Trinajstić information content (AvgIpc) is 2.79. The van der Waals surface area contributed by atoms with Gasteiger partial charge in [-0.15, -0.1) is 0 Å². The second-order valence-corrected chi connectivity index (χ2v) is 12.8. The lowest BCUT2D eigenvalue weighted by molar-refractivity contribution is 0.0292. The van der Waals surface area contributed by atoms with Crippen LogP contribution in [0.15, 0.2) is 0 Å². The van der Waals surface area contributed by atoms with Crippen LogP contribution in [0, 0.1) is 16.7 Å². The van der Waals surface area contributed by atoms with Crippen LogP contribution in [0.5, 0.6) is 0 Å². The fourth-order valence-corrected chi connectivity index (χ4v) is 9.56. The molecular weight excluding hydrogens is 363 g/mol. The van der Waals surface area contributed by atoms with Crippen molar-refractivity contribution < 1.29 is 4.43 Å². The van der Waals surface area contributed by atoms with E-state index in [1.165, 1.54) is 41.8 Å². The molecule has 0 N–H and O–H groups in total. The maximum Gasteiger partial charge on any atom is 0.192 e. The van der Waals surface area contributed by atoms with E-state index in [0.29, 0.717) is 16.9 Å². The van der Waals surface area contributed by atoms with Gasteiger partial charge >= 0.3 is 0 Å². The van der Waals surface area contributed by atoms with Crippen LogP contribution in [0.25, 0.3) is 0 Å². The third-order valence-corrected chi connectivity index (χ3v) is 12.9. The molecular formula is C16H31IOSi. The quantitative estimate of drug-likeness (QED) is 0.322. The smallest absolute Gasteiger partial charge is 0.192 e. The Hall–Kier alpha value is 0.907. The normalized spacial score (nSPS) is 36.9. The number of fused-ring (bicyclic) bond motifs is 2. The third kappa shape index (κ3) is 2.26. The molecule has 3 atom stereocenters. The molecule has 0 aromatic carbocycles. The van der Waals surface area contributed by atoms with Crippen molar-refractivity contribution in [3.05, 3.63) is 0 Å². The Bertz CT molecular complexity index is 318. The van der Waals surface area contributed by atoms with Crippen molar-refractivity contribution >= 4 is 30.9 Å². The van der Waals surface area contributed by atoms with Crippen LogP contribution < -0.4 is 0 Å². The van der Waals surface area contributed by atoms with E-state index in [-0.39, 0.29) is 0 Å². The highest BCUT2D eigenvalue weighted by atomic mass is 127. The van der Waals surface area contributed by atoms with E-state index in [4.69, 9.17) is 4.43 Å². The molecule has 19 heavy (non-hydrogen) atoms. The van der Waals surface area contributed by atoms with Crippen molar-refractivity contribution in [2.45, 2.75) is 78.1 Å². The van der Waals surface area contributed by atoms with Crippen LogP contribution in [0.4, 0.5) is 0 Å². The van der Waals surface area contributed by atoms with Gasteiger partial charge in [0.25, 0.3) is 0 Å². The zero-order chi connectivity index (χ0) is 14.3. The summed E-state index contributed by atoms with van der Waals surface area (Å²) < 4.78 is 8.22. The Morgan fingerprint density at radius 1 is 1.16 bits per heavy atom. The molecule has 2 bridgehead atoms. The molecule has 2 saturated carbocycles. The van der Waals surface area contributed by atoms with Crippen LogP contribution in [-0.2, 0) is 4.43 Å². The first kappa shape index (κ1) is 16.3. The summed E-state index contributed by atoms with van der Waals surface area (Å²) in [6.07, 6.45) is 4.74. The summed E-state index contributed by atoms with van der Waals surface area (Å²) in [6.45, 7) is 12.1. The van der Waals surface area contributed by atoms with Gasteiger partial charge < -0.3 is 4.43 Å². The molecule has 0 radical (unpaired) electrons. The minimum absolute atomic E-state index is 0.468. The highest BCUT2D eigenvalue weighted by molar-refractivity contribution is 14.1. The van der Waals surface area contributed by atoms with Crippen LogP contribution in [0.3, 0.4) is 0 Å². The second kappa shape index (κ2) is 5.60. The zero-order valence-corrected chi connectivity index (χ0v) is 16.5. The number of alkyl halides is 1. The van der Waals surface area contributed by atoms with Gasteiger partial charge in [0, 0.05) is 9.84 Å². The zero-order valence-electron chi connectivity index (χ0n) is 13.4. The van der Waals surface area contributed by atoms with Crippen LogP contribution in [0.1, 0.15) is 53.9 Å². The lowest BCUT2D eigenvalue weighted by Crippen LogP contribution is -2.48. The molecule has 1 nitrogen and oxygen atoms in total. The van der Waals surface area contributed by atoms with E-state index < -0.39 is 8.32 Å². The summed E-state index contributed by atoms with van der Waals surface area (Å²) in [5, 5.41) is 0. The standard InChI is InChI=1S/C16H31IOSi/c1-6-19(7-2,8-3)18-14-11-13-9-10-16(14,12-17)15(13,4)5/h13-14H,6-12H2,1-5H3/t13?,14-,16-/m1/s1. The van der Waals surface area contributed by atoms with E-state index in [2.05, 4.69) is 57.2 Å². The predicted molar refractivity (Wildman–Crippen MR) is 94.5 cm³/mol. The van der Waals surface area contributed by atoms with Crippen LogP contribution >= 0.6 is 22.6 Å². The maximum absolute atomic E-state index is 6.94. The lowest BCUT2D eigenvalue weighted by Gasteiger charge is -2.45. The summed E-state index contributed by atoms with van der Waals surface area (Å²) in [5.41, 5.74) is 0.963. The molecule has 2 aliphatic carbocycles. The van der Waals surface area contributed by atoms with Crippen molar-refractivity contribution in [2.24, 2.45) is 16.7 Å². The Morgan fingerprint density at radius 2 is 1.74 bits per heavy atom. The Balaban J connectivity index is 2.23. The molecule has 2 rings (SSSR count). The van der Waals surface area contributed by atoms with Crippen LogP contribution in [-0.4, -0.2) is 18.8 Å². The average molecular weight is 394 g/mol. The molecule has 2 aliphatic rings. The van der Waals surface area contributed by atoms with Gasteiger partial charge in [-0.25, -0.2) is 0 Å².